The SMILES string of the molecule is COC(=O)c1ccc(C(=O)N2CC(N)C2)nc1. The van der Waals surface area contributed by atoms with Crippen molar-refractivity contribution >= 4 is 11.9 Å². The fraction of sp³-hybridized carbons (Fsp3) is 0.364. The minimum atomic E-state index is -0.470. The van der Waals surface area contributed by atoms with E-state index in [1.165, 1.54) is 25.4 Å². The quantitative estimate of drug-likeness (QED) is 0.708. The molecule has 2 heterocycles. The Hall–Kier alpha value is -1.95. The molecule has 17 heavy (non-hydrogen) atoms. The van der Waals surface area contributed by atoms with E-state index < -0.39 is 5.97 Å². The lowest BCUT2D eigenvalue weighted by Crippen LogP contribution is -2.57. The molecule has 0 saturated carbocycles. The number of carbonyl (C=O) groups is 2. The van der Waals surface area contributed by atoms with E-state index in [9.17, 15) is 9.59 Å². The summed E-state index contributed by atoms with van der Waals surface area (Å²) in [6.07, 6.45) is 1.33. The maximum atomic E-state index is 11.8. The number of rotatable bonds is 2. The molecule has 0 unspecified atom stereocenters. The number of pyridine rings is 1. The van der Waals surface area contributed by atoms with Gasteiger partial charge >= 0.3 is 5.97 Å². The summed E-state index contributed by atoms with van der Waals surface area (Å²) in [6, 6.07) is 3.10. The lowest BCUT2D eigenvalue weighted by atomic mass is 10.1. The third-order valence-corrected chi connectivity index (χ3v) is 2.60. The number of nitrogens with two attached hydrogens (primary N) is 1. The largest absolute Gasteiger partial charge is 0.465 e. The Morgan fingerprint density at radius 1 is 1.47 bits per heavy atom. The van der Waals surface area contributed by atoms with E-state index in [1.807, 2.05) is 0 Å². The van der Waals surface area contributed by atoms with Crippen molar-refractivity contribution in [2.45, 2.75) is 6.04 Å². The molecule has 2 N–H and O–H groups in total. The first kappa shape index (κ1) is 11.5. The normalized spacial score (nSPS) is 15.3. The van der Waals surface area contributed by atoms with E-state index in [4.69, 9.17) is 5.73 Å². The lowest BCUT2D eigenvalue weighted by Gasteiger charge is -2.36. The third kappa shape index (κ3) is 2.26. The molecular formula is C11H13N3O3. The zero-order chi connectivity index (χ0) is 12.4. The smallest absolute Gasteiger partial charge is 0.339 e. The van der Waals surface area contributed by atoms with E-state index in [-0.39, 0.29) is 11.9 Å². The van der Waals surface area contributed by atoms with Gasteiger partial charge in [-0.1, -0.05) is 0 Å². The molecule has 0 spiro atoms. The summed E-state index contributed by atoms with van der Waals surface area (Å²) in [7, 11) is 1.29. The van der Waals surface area contributed by atoms with Gasteiger partial charge in [-0.2, -0.15) is 0 Å². The van der Waals surface area contributed by atoms with E-state index in [0.29, 0.717) is 24.3 Å². The molecule has 1 saturated heterocycles. The molecule has 1 aromatic rings. The third-order valence-electron chi connectivity index (χ3n) is 2.60. The van der Waals surface area contributed by atoms with Gasteiger partial charge in [0.2, 0.25) is 0 Å². The average Bonchev–Trinajstić information content (AvgIpc) is 2.33. The second-order valence-corrected chi connectivity index (χ2v) is 3.89. The zero-order valence-corrected chi connectivity index (χ0v) is 9.42. The summed E-state index contributed by atoms with van der Waals surface area (Å²) in [6.45, 7) is 1.11. The van der Waals surface area contributed by atoms with Gasteiger partial charge in [-0.3, -0.25) is 9.78 Å². The van der Waals surface area contributed by atoms with Gasteiger partial charge in [-0.15, -0.1) is 0 Å². The van der Waals surface area contributed by atoms with Crippen molar-refractivity contribution < 1.29 is 14.3 Å². The molecule has 0 radical (unpaired) electrons. The van der Waals surface area contributed by atoms with Gasteiger partial charge in [-0.05, 0) is 12.1 Å². The molecular weight excluding hydrogens is 222 g/mol. The number of hydrogen-bond acceptors (Lipinski definition) is 5. The Kier molecular flexibility index (Phi) is 3.06. The minimum Gasteiger partial charge on any atom is -0.465 e. The molecule has 1 fully saturated rings. The Morgan fingerprint density at radius 2 is 2.18 bits per heavy atom. The Morgan fingerprint density at radius 3 is 2.65 bits per heavy atom. The number of esters is 1. The van der Waals surface area contributed by atoms with E-state index in [0.717, 1.165) is 0 Å². The van der Waals surface area contributed by atoms with Gasteiger partial charge in [0.25, 0.3) is 5.91 Å². The van der Waals surface area contributed by atoms with Crippen LogP contribution in [0, 0.1) is 0 Å². The van der Waals surface area contributed by atoms with Crippen LogP contribution >= 0.6 is 0 Å². The second kappa shape index (κ2) is 4.50. The van der Waals surface area contributed by atoms with Crippen LogP contribution < -0.4 is 5.73 Å². The van der Waals surface area contributed by atoms with Gasteiger partial charge < -0.3 is 15.4 Å². The monoisotopic (exact) mass is 235 g/mol. The minimum absolute atomic E-state index is 0.0632. The highest BCUT2D eigenvalue weighted by atomic mass is 16.5. The molecule has 90 valence electrons. The Bertz CT molecular complexity index is 438. The Balaban J connectivity index is 2.07. The molecule has 0 aliphatic carbocycles. The number of likely N-dealkylation sites (tertiary alicyclic amines) is 1. The van der Waals surface area contributed by atoms with Crippen molar-refractivity contribution in [1.29, 1.82) is 0 Å². The maximum absolute atomic E-state index is 11.8. The fourth-order valence-corrected chi connectivity index (χ4v) is 1.60. The topological polar surface area (TPSA) is 85.5 Å². The first-order chi connectivity index (χ1) is 8.11. The van der Waals surface area contributed by atoms with Gasteiger partial charge in [0.1, 0.15) is 5.69 Å². The number of ether oxygens (including phenoxy) is 1. The van der Waals surface area contributed by atoms with Crippen LogP contribution in [0.15, 0.2) is 18.3 Å². The summed E-state index contributed by atoms with van der Waals surface area (Å²) < 4.78 is 4.54. The first-order valence-corrected chi connectivity index (χ1v) is 5.21. The highest BCUT2D eigenvalue weighted by Gasteiger charge is 2.29. The van der Waals surface area contributed by atoms with E-state index in [2.05, 4.69) is 9.72 Å². The van der Waals surface area contributed by atoms with Gasteiger partial charge in [0, 0.05) is 25.3 Å². The number of aromatic nitrogens is 1. The molecule has 1 amide bonds. The predicted molar refractivity (Wildman–Crippen MR) is 59.5 cm³/mol. The van der Waals surface area contributed by atoms with Crippen molar-refractivity contribution in [3.8, 4) is 0 Å². The van der Waals surface area contributed by atoms with Gasteiger partial charge in [0.05, 0.1) is 12.7 Å². The van der Waals surface area contributed by atoms with E-state index in [1.54, 1.807) is 4.90 Å². The van der Waals surface area contributed by atoms with Crippen LogP contribution in [0.3, 0.4) is 0 Å². The van der Waals surface area contributed by atoms with Gasteiger partial charge in [-0.25, -0.2) is 4.79 Å². The standard InChI is InChI=1S/C11H13N3O3/c1-17-11(16)7-2-3-9(13-4-7)10(15)14-5-8(12)6-14/h2-4,8H,5-6,12H2,1H3. The van der Waals surface area contributed by atoms with Crippen molar-refractivity contribution in [3.63, 3.8) is 0 Å². The second-order valence-electron chi connectivity index (χ2n) is 3.89. The van der Waals surface area contributed by atoms with Crippen LogP contribution in [0.4, 0.5) is 0 Å². The summed E-state index contributed by atoms with van der Waals surface area (Å²) in [5, 5.41) is 0. The molecule has 2 rings (SSSR count). The van der Waals surface area contributed by atoms with E-state index >= 15 is 0 Å². The molecule has 0 atom stereocenters. The van der Waals surface area contributed by atoms with Gasteiger partial charge in [0.15, 0.2) is 0 Å². The van der Waals surface area contributed by atoms with Crippen molar-refractivity contribution in [1.82, 2.24) is 9.88 Å². The number of nitrogens with zero attached hydrogens (tertiary/aromatic N) is 2. The van der Waals surface area contributed by atoms with Crippen molar-refractivity contribution in [2.75, 3.05) is 20.2 Å². The molecule has 1 aromatic heterocycles. The average molecular weight is 235 g/mol. The maximum Gasteiger partial charge on any atom is 0.339 e. The molecule has 1 aliphatic rings. The molecule has 0 aromatic carbocycles. The van der Waals surface area contributed by atoms with Crippen LogP contribution in [0.2, 0.25) is 0 Å². The zero-order valence-electron chi connectivity index (χ0n) is 9.42. The van der Waals surface area contributed by atoms with Crippen LogP contribution in [-0.4, -0.2) is 48.0 Å². The van der Waals surface area contributed by atoms with Crippen molar-refractivity contribution in [2.24, 2.45) is 5.73 Å². The lowest BCUT2D eigenvalue weighted by molar-refractivity contribution is 0.0587. The number of methoxy groups -OCH3 is 1. The summed E-state index contributed by atoms with van der Waals surface area (Å²) in [4.78, 5) is 28.5. The molecule has 6 nitrogen and oxygen atoms in total. The first-order valence-electron chi connectivity index (χ1n) is 5.21. The van der Waals surface area contributed by atoms with Crippen LogP contribution in [0.25, 0.3) is 0 Å². The number of amides is 1. The number of hydrogen-bond donors (Lipinski definition) is 1. The Labute approximate surface area is 98.4 Å². The molecule has 6 heteroatoms. The van der Waals surface area contributed by atoms with Crippen molar-refractivity contribution in [3.05, 3.63) is 29.6 Å². The summed E-state index contributed by atoms with van der Waals surface area (Å²) in [5.74, 6) is -0.634. The highest BCUT2D eigenvalue weighted by molar-refractivity contribution is 5.94. The molecule has 1 aliphatic heterocycles. The molecule has 0 bridgehead atoms. The van der Waals surface area contributed by atoms with Crippen LogP contribution in [-0.2, 0) is 4.74 Å². The predicted octanol–water partition coefficient (Wildman–Crippen LogP) is -0.349. The number of carbonyl (C=O) groups excluding carboxylic acids is 2. The summed E-state index contributed by atoms with van der Waals surface area (Å²) in [5.41, 5.74) is 6.22. The summed E-state index contributed by atoms with van der Waals surface area (Å²) >= 11 is 0. The fourth-order valence-electron chi connectivity index (χ4n) is 1.60. The highest BCUT2D eigenvalue weighted by Crippen LogP contribution is 2.11. The van der Waals surface area contributed by atoms with Crippen LogP contribution in [0.1, 0.15) is 20.8 Å². The van der Waals surface area contributed by atoms with Crippen LogP contribution in [0.5, 0.6) is 0 Å².